The lowest BCUT2D eigenvalue weighted by Crippen LogP contribution is -1.95. The summed E-state index contributed by atoms with van der Waals surface area (Å²) in [4.78, 5) is 10.7. The fourth-order valence-electron chi connectivity index (χ4n) is 7.13. The first-order valence-electron chi connectivity index (χ1n) is 17.8. The molecule has 0 aliphatic carbocycles. The molecule has 54 heavy (non-hydrogen) atoms. The molecule has 0 unspecified atom stereocenters. The highest BCUT2D eigenvalue weighted by Gasteiger charge is 2.17. The number of hydrogen-bond acceptors (Lipinski definition) is 4. The zero-order valence-corrected chi connectivity index (χ0v) is 29.1. The second-order valence-electron chi connectivity index (χ2n) is 13.2. The SMILES string of the molecule is N#Cc1ccc(-c2ccc(-c3cc(-c4ccccc4)nc4c3ccc3c(-c5ccc(-c6ccc(C#N)cc6)cc5)cc(-c5ccccc5)nc34)cc2)cc1. The predicted molar refractivity (Wildman–Crippen MR) is 219 cm³/mol. The first kappa shape index (κ1) is 32.3. The highest BCUT2D eigenvalue weighted by molar-refractivity contribution is 6.13. The summed E-state index contributed by atoms with van der Waals surface area (Å²) < 4.78 is 0. The van der Waals surface area contributed by atoms with Gasteiger partial charge in [0.15, 0.2) is 0 Å². The van der Waals surface area contributed by atoms with E-state index in [1.54, 1.807) is 0 Å². The molecule has 0 bridgehead atoms. The lowest BCUT2D eigenvalue weighted by molar-refractivity contribution is 1.36. The van der Waals surface area contributed by atoms with Crippen molar-refractivity contribution in [2.75, 3.05) is 0 Å². The molecule has 0 aliphatic rings. The van der Waals surface area contributed by atoms with Crippen LogP contribution in [0.5, 0.6) is 0 Å². The van der Waals surface area contributed by atoms with Crippen molar-refractivity contribution in [2.45, 2.75) is 0 Å². The van der Waals surface area contributed by atoms with Gasteiger partial charge in [-0.05, 0) is 80.9 Å². The number of hydrogen-bond donors (Lipinski definition) is 0. The number of nitriles is 2. The highest BCUT2D eigenvalue weighted by Crippen LogP contribution is 2.40. The van der Waals surface area contributed by atoms with Crippen molar-refractivity contribution < 1.29 is 0 Å². The number of aromatic nitrogens is 2. The van der Waals surface area contributed by atoms with Crippen molar-refractivity contribution in [1.82, 2.24) is 9.97 Å². The van der Waals surface area contributed by atoms with Gasteiger partial charge < -0.3 is 0 Å². The number of nitrogens with zero attached hydrogens (tertiary/aromatic N) is 4. The molecule has 4 nitrogen and oxygen atoms in total. The summed E-state index contributed by atoms with van der Waals surface area (Å²) in [6, 6.07) is 66.3. The normalized spacial score (nSPS) is 10.9. The summed E-state index contributed by atoms with van der Waals surface area (Å²) in [6.07, 6.45) is 0. The van der Waals surface area contributed by atoms with Crippen molar-refractivity contribution in [3.05, 3.63) is 193 Å². The van der Waals surface area contributed by atoms with E-state index >= 15 is 0 Å². The second-order valence-corrected chi connectivity index (χ2v) is 13.2. The van der Waals surface area contributed by atoms with Gasteiger partial charge in [0.1, 0.15) is 0 Å². The van der Waals surface area contributed by atoms with E-state index in [0.29, 0.717) is 11.1 Å². The van der Waals surface area contributed by atoms with E-state index in [1.807, 2.05) is 84.9 Å². The van der Waals surface area contributed by atoms with Crippen molar-refractivity contribution in [1.29, 1.82) is 10.5 Å². The third kappa shape index (κ3) is 6.05. The smallest absolute Gasteiger partial charge is 0.0991 e. The summed E-state index contributed by atoms with van der Waals surface area (Å²) in [5, 5.41) is 20.6. The Kier molecular flexibility index (Phi) is 8.25. The number of pyridine rings is 2. The average molecular weight is 687 g/mol. The molecular weight excluding hydrogens is 657 g/mol. The van der Waals surface area contributed by atoms with Gasteiger partial charge in [0, 0.05) is 21.9 Å². The summed E-state index contributed by atoms with van der Waals surface area (Å²) in [5.74, 6) is 0. The lowest BCUT2D eigenvalue weighted by Gasteiger charge is -2.16. The molecule has 2 heterocycles. The van der Waals surface area contributed by atoms with Crippen LogP contribution in [0.1, 0.15) is 11.1 Å². The summed E-state index contributed by atoms with van der Waals surface area (Å²) in [7, 11) is 0. The zero-order chi connectivity index (χ0) is 36.4. The van der Waals surface area contributed by atoms with Gasteiger partial charge in [-0.2, -0.15) is 10.5 Å². The van der Waals surface area contributed by atoms with Crippen LogP contribution in [0.2, 0.25) is 0 Å². The molecule has 0 N–H and O–H groups in total. The maximum Gasteiger partial charge on any atom is 0.0991 e. The number of fused-ring (bicyclic) bond motifs is 3. The van der Waals surface area contributed by atoms with Crippen LogP contribution in [0.25, 0.3) is 88.8 Å². The maximum atomic E-state index is 9.26. The predicted octanol–water partition coefficient (Wildman–Crippen LogP) is 12.5. The monoisotopic (exact) mass is 686 g/mol. The van der Waals surface area contributed by atoms with Gasteiger partial charge in [-0.25, -0.2) is 9.97 Å². The molecule has 0 saturated carbocycles. The van der Waals surface area contributed by atoms with E-state index in [2.05, 4.69) is 109 Å². The molecule has 9 rings (SSSR count). The molecule has 7 aromatic carbocycles. The lowest BCUT2D eigenvalue weighted by atomic mass is 9.92. The van der Waals surface area contributed by atoms with E-state index in [-0.39, 0.29) is 0 Å². The van der Waals surface area contributed by atoms with Crippen molar-refractivity contribution >= 4 is 21.8 Å². The first-order valence-corrected chi connectivity index (χ1v) is 17.8. The van der Waals surface area contributed by atoms with E-state index in [0.717, 1.165) is 88.8 Å². The van der Waals surface area contributed by atoms with Gasteiger partial charge in [-0.15, -0.1) is 0 Å². The van der Waals surface area contributed by atoms with Crippen molar-refractivity contribution in [3.63, 3.8) is 0 Å². The fourth-order valence-corrected chi connectivity index (χ4v) is 7.13. The third-order valence-corrected chi connectivity index (χ3v) is 9.98. The third-order valence-electron chi connectivity index (χ3n) is 9.98. The zero-order valence-electron chi connectivity index (χ0n) is 29.1. The minimum Gasteiger partial charge on any atom is -0.245 e. The van der Waals surface area contributed by atoms with E-state index < -0.39 is 0 Å². The van der Waals surface area contributed by atoms with Crippen LogP contribution in [0.15, 0.2) is 182 Å². The fraction of sp³-hybridized carbons (Fsp3) is 0. The maximum absolute atomic E-state index is 9.26. The molecular formula is C50H30N4. The van der Waals surface area contributed by atoms with Crippen LogP contribution in [-0.2, 0) is 0 Å². The van der Waals surface area contributed by atoms with Crippen LogP contribution in [0.3, 0.4) is 0 Å². The van der Waals surface area contributed by atoms with Gasteiger partial charge >= 0.3 is 0 Å². The first-order chi connectivity index (χ1) is 26.6. The molecule has 0 aliphatic heterocycles. The Hall–Kier alpha value is -7.66. The molecule has 4 heteroatoms. The topological polar surface area (TPSA) is 73.4 Å². The highest BCUT2D eigenvalue weighted by atomic mass is 14.8. The number of benzene rings is 7. The van der Waals surface area contributed by atoms with Crippen molar-refractivity contribution in [2.24, 2.45) is 0 Å². The molecule has 250 valence electrons. The second kappa shape index (κ2) is 13.8. The van der Waals surface area contributed by atoms with Gasteiger partial charge in [-0.1, -0.05) is 146 Å². The Balaban J connectivity index is 1.25. The molecule has 0 spiro atoms. The Bertz CT molecular complexity index is 2680. The Morgan fingerprint density at radius 1 is 0.315 bits per heavy atom. The van der Waals surface area contributed by atoms with Crippen LogP contribution in [-0.4, -0.2) is 9.97 Å². The molecule has 0 saturated heterocycles. The molecule has 0 fully saturated rings. The molecule has 9 aromatic rings. The molecule has 0 amide bonds. The van der Waals surface area contributed by atoms with Gasteiger partial charge in [0.25, 0.3) is 0 Å². The van der Waals surface area contributed by atoms with Gasteiger partial charge in [-0.3, -0.25) is 0 Å². The van der Waals surface area contributed by atoms with Crippen molar-refractivity contribution in [3.8, 4) is 79.2 Å². The Labute approximate surface area is 313 Å². The molecule has 0 atom stereocenters. The van der Waals surface area contributed by atoms with E-state index in [9.17, 15) is 10.5 Å². The summed E-state index contributed by atoms with van der Waals surface area (Å²) in [6.45, 7) is 0. The molecule has 0 radical (unpaired) electrons. The summed E-state index contributed by atoms with van der Waals surface area (Å²) >= 11 is 0. The average Bonchev–Trinajstić information content (AvgIpc) is 3.26. The van der Waals surface area contributed by atoms with E-state index in [4.69, 9.17) is 9.97 Å². The van der Waals surface area contributed by atoms with Gasteiger partial charge in [0.05, 0.1) is 45.7 Å². The van der Waals surface area contributed by atoms with Crippen LogP contribution in [0.4, 0.5) is 0 Å². The Morgan fingerprint density at radius 2 is 0.630 bits per heavy atom. The van der Waals surface area contributed by atoms with Crippen LogP contribution < -0.4 is 0 Å². The standard InChI is InChI=1S/C50H30N4/c51-31-33-11-15-35(16-12-33)37-19-23-39(24-20-37)45-29-47(41-7-3-1-4-8-41)53-49-43(45)27-28-44-46(30-48(54-50(44)49)42-9-5-2-6-10-42)40-25-21-38(22-26-40)36-17-13-34(32-52)14-18-36/h1-30H. The van der Waals surface area contributed by atoms with Crippen LogP contribution in [0, 0.1) is 22.7 Å². The quantitative estimate of drug-likeness (QED) is 0.163. The number of rotatable bonds is 6. The Morgan fingerprint density at radius 3 is 0.963 bits per heavy atom. The van der Waals surface area contributed by atoms with Crippen LogP contribution >= 0.6 is 0 Å². The minimum absolute atomic E-state index is 0.645. The van der Waals surface area contributed by atoms with E-state index in [1.165, 1.54) is 0 Å². The summed E-state index contributed by atoms with van der Waals surface area (Å²) in [5.41, 5.74) is 15.4. The van der Waals surface area contributed by atoms with Gasteiger partial charge in [0.2, 0.25) is 0 Å². The largest absolute Gasteiger partial charge is 0.245 e. The molecule has 2 aromatic heterocycles. The minimum atomic E-state index is 0.645.